The third-order valence-corrected chi connectivity index (χ3v) is 3.50. The van der Waals surface area contributed by atoms with Crippen molar-refractivity contribution in [3.8, 4) is 0 Å². The Kier molecular flexibility index (Phi) is 4.11. The van der Waals surface area contributed by atoms with Crippen molar-refractivity contribution in [1.29, 1.82) is 0 Å². The molecule has 1 fully saturated rings. The zero-order chi connectivity index (χ0) is 13.1. The summed E-state index contributed by atoms with van der Waals surface area (Å²) in [7, 11) is 1.81. The van der Waals surface area contributed by atoms with Crippen LogP contribution in [0.5, 0.6) is 0 Å². The number of alkyl halides is 1. The molecular formula is C13H21FN4. The lowest BCUT2D eigenvalue weighted by atomic mass is 10.0. The van der Waals surface area contributed by atoms with Gasteiger partial charge in [0.25, 0.3) is 0 Å². The lowest BCUT2D eigenvalue weighted by Crippen LogP contribution is -2.50. The zero-order valence-electron chi connectivity index (χ0n) is 11.2. The number of nitrogens with zero attached hydrogens (tertiary/aromatic N) is 3. The molecule has 1 N–H and O–H groups in total. The molecule has 0 spiro atoms. The Bertz CT molecular complexity index is 379. The fourth-order valence-corrected chi connectivity index (χ4v) is 2.25. The molecule has 0 unspecified atom stereocenters. The van der Waals surface area contributed by atoms with Gasteiger partial charge in [0.1, 0.15) is 6.17 Å². The summed E-state index contributed by atoms with van der Waals surface area (Å²) in [5.74, 6) is 1.15. The minimum Gasteiger partial charge on any atom is -0.352 e. The molecule has 1 aliphatic rings. The van der Waals surface area contributed by atoms with Gasteiger partial charge in [-0.05, 0) is 31.5 Å². The van der Waals surface area contributed by atoms with Crippen molar-refractivity contribution in [2.24, 2.45) is 0 Å². The maximum Gasteiger partial charge on any atom is 0.151 e. The van der Waals surface area contributed by atoms with Gasteiger partial charge < -0.3 is 10.2 Å². The Morgan fingerprint density at radius 2 is 2.17 bits per heavy atom. The van der Waals surface area contributed by atoms with Gasteiger partial charge in [0.15, 0.2) is 5.82 Å². The van der Waals surface area contributed by atoms with Crippen LogP contribution in [0.1, 0.15) is 31.9 Å². The molecule has 2 atom stereocenters. The zero-order valence-corrected chi connectivity index (χ0v) is 11.2. The molecule has 2 rings (SSSR count). The Morgan fingerprint density at radius 1 is 1.39 bits per heavy atom. The molecule has 1 aromatic rings. The molecule has 5 heteroatoms. The molecule has 1 saturated heterocycles. The van der Waals surface area contributed by atoms with Crippen molar-refractivity contribution < 1.29 is 4.39 Å². The number of nitrogens with one attached hydrogen (secondary N) is 1. The van der Waals surface area contributed by atoms with Crippen molar-refractivity contribution in [1.82, 2.24) is 15.5 Å². The number of hydrogen-bond donors (Lipinski definition) is 1. The highest BCUT2D eigenvalue weighted by Crippen LogP contribution is 2.20. The standard InChI is InChI=1S/C13H21FN4/c1-9(2)11-4-5-13(17-16-11)18-7-6-12(15-3)10(14)8-18/h4-5,9-10,12,15H,6-8H2,1-3H3/t10-,12+/m0/s1. The first-order valence-corrected chi connectivity index (χ1v) is 6.51. The second kappa shape index (κ2) is 5.61. The van der Waals surface area contributed by atoms with Gasteiger partial charge in [0.05, 0.1) is 12.2 Å². The third kappa shape index (κ3) is 2.77. The van der Waals surface area contributed by atoms with E-state index in [1.54, 1.807) is 0 Å². The van der Waals surface area contributed by atoms with Gasteiger partial charge in [0, 0.05) is 12.6 Å². The van der Waals surface area contributed by atoms with E-state index in [9.17, 15) is 4.39 Å². The lowest BCUT2D eigenvalue weighted by molar-refractivity contribution is 0.227. The Labute approximate surface area is 108 Å². The van der Waals surface area contributed by atoms with Crippen LogP contribution in [0.2, 0.25) is 0 Å². The molecule has 1 aliphatic heterocycles. The van der Waals surface area contributed by atoms with Crippen molar-refractivity contribution in [2.75, 3.05) is 25.0 Å². The van der Waals surface area contributed by atoms with Crippen LogP contribution in [0.25, 0.3) is 0 Å². The summed E-state index contributed by atoms with van der Waals surface area (Å²) in [4.78, 5) is 1.97. The normalized spacial score (nSPS) is 24.6. The fraction of sp³-hybridized carbons (Fsp3) is 0.692. The van der Waals surface area contributed by atoms with E-state index in [1.165, 1.54) is 0 Å². The predicted octanol–water partition coefficient (Wildman–Crippen LogP) is 1.74. The average Bonchev–Trinajstić information content (AvgIpc) is 2.38. The summed E-state index contributed by atoms with van der Waals surface area (Å²) in [5, 5.41) is 11.4. The summed E-state index contributed by atoms with van der Waals surface area (Å²) in [6, 6.07) is 3.88. The van der Waals surface area contributed by atoms with Crippen LogP contribution in [0.3, 0.4) is 0 Å². The number of piperidine rings is 1. The van der Waals surface area contributed by atoms with Gasteiger partial charge in [0.2, 0.25) is 0 Å². The van der Waals surface area contributed by atoms with Crippen LogP contribution >= 0.6 is 0 Å². The van der Waals surface area contributed by atoms with Crippen LogP contribution in [0.15, 0.2) is 12.1 Å². The molecule has 1 aromatic heterocycles. The van der Waals surface area contributed by atoms with Crippen LogP contribution in [0.4, 0.5) is 10.2 Å². The van der Waals surface area contributed by atoms with Crippen molar-refractivity contribution in [3.63, 3.8) is 0 Å². The SMILES string of the molecule is CN[C@@H]1CCN(c2ccc(C(C)C)nn2)C[C@@H]1F. The van der Waals surface area contributed by atoms with Crippen molar-refractivity contribution in [2.45, 2.75) is 38.4 Å². The van der Waals surface area contributed by atoms with Crippen molar-refractivity contribution >= 4 is 5.82 Å². The van der Waals surface area contributed by atoms with E-state index < -0.39 is 6.17 Å². The second-order valence-corrected chi connectivity index (χ2v) is 5.12. The number of anilines is 1. The molecule has 18 heavy (non-hydrogen) atoms. The highest BCUT2D eigenvalue weighted by atomic mass is 19.1. The van der Waals surface area contributed by atoms with Gasteiger partial charge in [-0.1, -0.05) is 13.8 Å². The quantitative estimate of drug-likeness (QED) is 0.889. The van der Waals surface area contributed by atoms with Gasteiger partial charge in [-0.2, -0.15) is 5.10 Å². The Hall–Kier alpha value is -1.23. The number of aromatic nitrogens is 2. The molecule has 0 aromatic carbocycles. The first kappa shape index (κ1) is 13.2. The summed E-state index contributed by atoms with van der Waals surface area (Å²) in [6.45, 7) is 5.38. The van der Waals surface area contributed by atoms with Gasteiger partial charge in [-0.3, -0.25) is 0 Å². The molecule has 4 nitrogen and oxygen atoms in total. The van der Waals surface area contributed by atoms with E-state index in [1.807, 2.05) is 24.1 Å². The van der Waals surface area contributed by atoms with Gasteiger partial charge in [-0.25, -0.2) is 4.39 Å². The number of rotatable bonds is 3. The van der Waals surface area contributed by atoms with E-state index in [0.29, 0.717) is 12.5 Å². The summed E-state index contributed by atoms with van der Waals surface area (Å²) in [5.41, 5.74) is 0.973. The molecule has 2 heterocycles. The maximum absolute atomic E-state index is 13.8. The van der Waals surface area contributed by atoms with E-state index >= 15 is 0 Å². The van der Waals surface area contributed by atoms with E-state index in [2.05, 4.69) is 29.4 Å². The van der Waals surface area contributed by atoms with Crippen LogP contribution in [-0.2, 0) is 0 Å². The Morgan fingerprint density at radius 3 is 2.67 bits per heavy atom. The fourth-order valence-electron chi connectivity index (χ4n) is 2.25. The first-order chi connectivity index (χ1) is 8.61. The van der Waals surface area contributed by atoms with E-state index in [0.717, 1.165) is 24.5 Å². The third-order valence-electron chi connectivity index (χ3n) is 3.50. The molecule has 0 amide bonds. The van der Waals surface area contributed by atoms with E-state index in [4.69, 9.17) is 0 Å². The second-order valence-electron chi connectivity index (χ2n) is 5.12. The highest BCUT2D eigenvalue weighted by molar-refractivity contribution is 5.38. The summed E-state index contributed by atoms with van der Waals surface area (Å²) < 4.78 is 13.8. The minimum absolute atomic E-state index is 0.0378. The van der Waals surface area contributed by atoms with Crippen molar-refractivity contribution in [3.05, 3.63) is 17.8 Å². The maximum atomic E-state index is 13.8. The highest BCUT2D eigenvalue weighted by Gasteiger charge is 2.28. The molecule has 0 aliphatic carbocycles. The Balaban J connectivity index is 2.04. The topological polar surface area (TPSA) is 41.0 Å². The lowest BCUT2D eigenvalue weighted by Gasteiger charge is -2.35. The first-order valence-electron chi connectivity index (χ1n) is 6.51. The van der Waals surface area contributed by atoms with Crippen LogP contribution in [-0.4, -0.2) is 42.5 Å². The molecule has 0 bridgehead atoms. The van der Waals surface area contributed by atoms with Crippen LogP contribution in [0, 0.1) is 0 Å². The number of halogens is 1. The summed E-state index contributed by atoms with van der Waals surface area (Å²) in [6.07, 6.45) is -0.0546. The van der Waals surface area contributed by atoms with E-state index in [-0.39, 0.29) is 6.04 Å². The van der Waals surface area contributed by atoms with Crippen LogP contribution < -0.4 is 10.2 Å². The number of hydrogen-bond acceptors (Lipinski definition) is 4. The molecular weight excluding hydrogens is 231 g/mol. The molecule has 0 radical (unpaired) electrons. The van der Waals surface area contributed by atoms with Gasteiger partial charge in [-0.15, -0.1) is 5.10 Å². The predicted molar refractivity (Wildman–Crippen MR) is 70.7 cm³/mol. The molecule has 100 valence electrons. The largest absolute Gasteiger partial charge is 0.352 e. The summed E-state index contributed by atoms with van der Waals surface area (Å²) >= 11 is 0. The average molecular weight is 252 g/mol. The minimum atomic E-state index is -0.852. The monoisotopic (exact) mass is 252 g/mol. The molecule has 0 saturated carbocycles. The van der Waals surface area contributed by atoms with Gasteiger partial charge >= 0.3 is 0 Å². The smallest absolute Gasteiger partial charge is 0.151 e.